The average molecular weight is 684 g/mol. The molecule has 11 rings (SSSR count). The van der Waals surface area contributed by atoms with Crippen molar-refractivity contribution in [3.8, 4) is 22.3 Å². The maximum absolute atomic E-state index is 6.44. The first-order chi connectivity index (χ1) is 25.5. The van der Waals surface area contributed by atoms with Crippen LogP contribution in [0, 0.1) is 0 Å². The van der Waals surface area contributed by atoms with Crippen LogP contribution in [-0.2, 0) is 5.41 Å². The maximum atomic E-state index is 6.44. The lowest BCUT2D eigenvalue weighted by Crippen LogP contribution is -2.16. The van der Waals surface area contributed by atoms with E-state index in [4.69, 9.17) is 4.42 Å². The van der Waals surface area contributed by atoms with Gasteiger partial charge < -0.3 is 9.32 Å². The summed E-state index contributed by atoms with van der Waals surface area (Å²) in [7, 11) is 0. The fraction of sp³-hybridized carbons (Fsp3) is 0.0612. The van der Waals surface area contributed by atoms with Crippen LogP contribution in [0.2, 0.25) is 0 Å². The summed E-state index contributed by atoms with van der Waals surface area (Å²) in [5.41, 5.74) is 12.9. The third-order valence-electron chi connectivity index (χ3n) is 11.2. The molecule has 0 N–H and O–H groups in total. The Kier molecular flexibility index (Phi) is 6.21. The van der Waals surface area contributed by atoms with Gasteiger partial charge in [-0.3, -0.25) is 0 Å². The predicted molar refractivity (Wildman–Crippen MR) is 222 cm³/mol. The third-order valence-corrected chi connectivity index (χ3v) is 12.4. The number of benzene rings is 8. The molecule has 0 amide bonds. The quantitative estimate of drug-likeness (QED) is 0.184. The molecule has 3 heteroatoms. The molecule has 0 saturated carbocycles. The van der Waals surface area contributed by atoms with Crippen LogP contribution in [0.4, 0.5) is 17.1 Å². The fourth-order valence-corrected chi connectivity index (χ4v) is 9.88. The molecular formula is C49H33NOS. The largest absolute Gasteiger partial charge is 0.456 e. The average Bonchev–Trinajstić information content (AvgIpc) is 3.81. The van der Waals surface area contributed by atoms with E-state index in [1.54, 1.807) is 0 Å². The highest BCUT2D eigenvalue weighted by Crippen LogP contribution is 2.54. The number of thiophene rings is 1. The van der Waals surface area contributed by atoms with E-state index in [-0.39, 0.29) is 5.41 Å². The predicted octanol–water partition coefficient (Wildman–Crippen LogP) is 14.6. The minimum Gasteiger partial charge on any atom is -0.456 e. The molecule has 0 bridgehead atoms. The van der Waals surface area contributed by atoms with Gasteiger partial charge >= 0.3 is 0 Å². The van der Waals surface area contributed by atoms with Gasteiger partial charge in [-0.2, -0.15) is 0 Å². The molecule has 8 aromatic carbocycles. The highest BCUT2D eigenvalue weighted by molar-refractivity contribution is 7.25. The first-order valence-electron chi connectivity index (χ1n) is 17.9. The lowest BCUT2D eigenvalue weighted by atomic mass is 9.82. The summed E-state index contributed by atoms with van der Waals surface area (Å²) in [5.74, 6) is 0. The van der Waals surface area contributed by atoms with Crippen LogP contribution in [-0.4, -0.2) is 0 Å². The summed E-state index contributed by atoms with van der Waals surface area (Å²) in [4.78, 5) is 2.46. The molecule has 0 fully saturated rings. The summed E-state index contributed by atoms with van der Waals surface area (Å²) in [6, 6.07) is 59.9. The van der Waals surface area contributed by atoms with Gasteiger partial charge in [-0.1, -0.05) is 123 Å². The number of nitrogens with zero attached hydrogens (tertiary/aromatic N) is 1. The van der Waals surface area contributed by atoms with Crippen molar-refractivity contribution in [1.82, 2.24) is 0 Å². The lowest BCUT2D eigenvalue weighted by Gasteiger charge is -2.29. The molecular weight excluding hydrogens is 651 g/mol. The SMILES string of the molecule is CC1(C)c2ccccc2-c2c(N(c3ccc(-c4cccc5oc6cc7ccccc7cc6c45)cc3)c3ccc4c(c3)sc3ccccc34)cccc21. The molecule has 2 aromatic heterocycles. The zero-order valence-electron chi connectivity index (χ0n) is 28.9. The van der Waals surface area contributed by atoms with E-state index in [2.05, 4.69) is 183 Å². The third kappa shape index (κ3) is 4.23. The van der Waals surface area contributed by atoms with Crippen molar-refractivity contribution in [2.75, 3.05) is 4.90 Å². The van der Waals surface area contributed by atoms with E-state index in [0.717, 1.165) is 38.9 Å². The Balaban J connectivity index is 1.11. The van der Waals surface area contributed by atoms with Gasteiger partial charge in [-0.15, -0.1) is 11.3 Å². The topological polar surface area (TPSA) is 16.4 Å². The summed E-state index contributed by atoms with van der Waals surface area (Å²) in [6.45, 7) is 4.71. The molecule has 0 saturated heterocycles. The Hall–Kier alpha value is -6.16. The summed E-state index contributed by atoms with van der Waals surface area (Å²) < 4.78 is 9.04. The molecule has 0 atom stereocenters. The normalized spacial score (nSPS) is 13.3. The monoisotopic (exact) mass is 683 g/mol. The second-order valence-electron chi connectivity index (χ2n) is 14.5. The van der Waals surface area contributed by atoms with E-state index in [1.807, 2.05) is 11.3 Å². The van der Waals surface area contributed by atoms with E-state index in [0.29, 0.717) is 0 Å². The smallest absolute Gasteiger partial charge is 0.136 e. The fourth-order valence-electron chi connectivity index (χ4n) is 8.74. The maximum Gasteiger partial charge on any atom is 0.136 e. The number of furan rings is 1. The summed E-state index contributed by atoms with van der Waals surface area (Å²) in [6.07, 6.45) is 0. The zero-order chi connectivity index (χ0) is 34.6. The van der Waals surface area contributed by atoms with E-state index in [9.17, 15) is 0 Å². The lowest BCUT2D eigenvalue weighted by molar-refractivity contribution is 0.660. The van der Waals surface area contributed by atoms with Gasteiger partial charge in [-0.25, -0.2) is 0 Å². The number of fused-ring (bicyclic) bond motifs is 10. The minimum atomic E-state index is -0.0930. The summed E-state index contributed by atoms with van der Waals surface area (Å²) in [5, 5.41) is 7.32. The number of hydrogen-bond donors (Lipinski definition) is 0. The van der Waals surface area contributed by atoms with Gasteiger partial charge in [0.25, 0.3) is 0 Å². The first kappa shape index (κ1) is 29.6. The molecule has 2 heterocycles. The van der Waals surface area contributed by atoms with Crippen LogP contribution >= 0.6 is 11.3 Å². The van der Waals surface area contributed by atoms with Crippen LogP contribution in [0.15, 0.2) is 168 Å². The number of anilines is 3. The van der Waals surface area contributed by atoms with Crippen LogP contribution < -0.4 is 4.90 Å². The van der Waals surface area contributed by atoms with Crippen molar-refractivity contribution in [2.24, 2.45) is 0 Å². The van der Waals surface area contributed by atoms with Crippen molar-refractivity contribution in [3.05, 3.63) is 175 Å². The highest BCUT2D eigenvalue weighted by atomic mass is 32.1. The molecule has 10 aromatic rings. The molecule has 1 aliphatic rings. The van der Waals surface area contributed by atoms with Crippen molar-refractivity contribution in [3.63, 3.8) is 0 Å². The number of hydrogen-bond acceptors (Lipinski definition) is 3. The zero-order valence-corrected chi connectivity index (χ0v) is 29.7. The van der Waals surface area contributed by atoms with E-state index < -0.39 is 0 Å². The van der Waals surface area contributed by atoms with Crippen molar-refractivity contribution < 1.29 is 4.42 Å². The Morgan fingerprint density at radius 1 is 0.500 bits per heavy atom. The van der Waals surface area contributed by atoms with E-state index in [1.165, 1.54) is 64.4 Å². The number of rotatable bonds is 4. The van der Waals surface area contributed by atoms with E-state index >= 15 is 0 Å². The van der Waals surface area contributed by atoms with Gasteiger partial charge in [0.05, 0.1) is 5.69 Å². The Morgan fingerprint density at radius 3 is 2.08 bits per heavy atom. The van der Waals surface area contributed by atoms with Gasteiger partial charge in [0.1, 0.15) is 11.2 Å². The van der Waals surface area contributed by atoms with Crippen molar-refractivity contribution in [1.29, 1.82) is 0 Å². The summed E-state index contributed by atoms with van der Waals surface area (Å²) >= 11 is 1.86. The highest BCUT2D eigenvalue weighted by Gasteiger charge is 2.37. The minimum absolute atomic E-state index is 0.0930. The van der Waals surface area contributed by atoms with Crippen molar-refractivity contribution in [2.45, 2.75) is 19.3 Å². The standard InChI is InChI=1S/C49H33NOS/c1-49(2)40-16-7-5-14-38(40)48-41(49)17-10-18-42(48)50(34-25-26-37-36-13-6-8-20-45(36)52-46(37)29-34)33-23-21-30(22-24-33)35-15-9-19-43-47(35)39-27-31-11-3-4-12-32(31)28-44(39)51-43/h3-29H,1-2H3. The Bertz CT molecular complexity index is 3050. The Morgan fingerprint density at radius 2 is 1.19 bits per heavy atom. The molecule has 0 radical (unpaired) electrons. The molecule has 2 nitrogen and oxygen atoms in total. The van der Waals surface area contributed by atoms with Crippen molar-refractivity contribution >= 4 is 81.3 Å². The molecule has 0 unspecified atom stereocenters. The second-order valence-corrected chi connectivity index (χ2v) is 15.6. The van der Waals surface area contributed by atoms with Gasteiger partial charge in [0, 0.05) is 53.3 Å². The molecule has 246 valence electrons. The van der Waals surface area contributed by atoms with Gasteiger partial charge in [-0.05, 0) is 93.2 Å². The molecule has 52 heavy (non-hydrogen) atoms. The van der Waals surface area contributed by atoms with Crippen LogP contribution in [0.5, 0.6) is 0 Å². The van der Waals surface area contributed by atoms with Gasteiger partial charge in [0.15, 0.2) is 0 Å². The molecule has 0 spiro atoms. The van der Waals surface area contributed by atoms with Crippen LogP contribution in [0.25, 0.3) is 75.1 Å². The second kappa shape index (κ2) is 10.9. The Labute approximate surface area is 305 Å². The first-order valence-corrected chi connectivity index (χ1v) is 18.7. The van der Waals surface area contributed by atoms with Crippen LogP contribution in [0.1, 0.15) is 25.0 Å². The molecule has 0 aliphatic heterocycles. The van der Waals surface area contributed by atoms with Gasteiger partial charge in [0.2, 0.25) is 0 Å². The van der Waals surface area contributed by atoms with Crippen LogP contribution in [0.3, 0.4) is 0 Å². The molecule has 1 aliphatic carbocycles.